The van der Waals surface area contributed by atoms with Crippen molar-refractivity contribution in [2.75, 3.05) is 18.4 Å². The van der Waals surface area contributed by atoms with Crippen molar-refractivity contribution >= 4 is 17.5 Å². The van der Waals surface area contributed by atoms with Gasteiger partial charge >= 0.3 is 0 Å². The van der Waals surface area contributed by atoms with Crippen LogP contribution in [-0.4, -0.2) is 44.6 Å². The number of rotatable bonds is 6. The lowest BCUT2D eigenvalue weighted by Gasteiger charge is -2.18. The number of nitrogens with one attached hydrogen (secondary N) is 1. The number of amides is 2. The maximum absolute atomic E-state index is 14.3. The number of carbonyl (C=O) groups is 2. The lowest BCUT2D eigenvalue weighted by molar-refractivity contribution is -0.130. The maximum Gasteiger partial charge on any atom is 0.246 e. The van der Waals surface area contributed by atoms with Gasteiger partial charge in [-0.15, -0.1) is 10.2 Å². The van der Waals surface area contributed by atoms with Gasteiger partial charge in [0.05, 0.1) is 5.69 Å². The molecule has 0 unspecified atom stereocenters. The molecule has 8 heteroatoms. The molecule has 0 aliphatic carbocycles. The molecule has 0 radical (unpaired) electrons. The third kappa shape index (κ3) is 4.27. The van der Waals surface area contributed by atoms with E-state index in [1.54, 1.807) is 19.1 Å². The van der Waals surface area contributed by atoms with Crippen LogP contribution in [0.4, 0.5) is 10.1 Å². The smallest absolute Gasteiger partial charge is 0.246 e. The van der Waals surface area contributed by atoms with Gasteiger partial charge in [-0.05, 0) is 44.0 Å². The molecule has 0 fully saturated rings. The van der Waals surface area contributed by atoms with Gasteiger partial charge in [0.2, 0.25) is 11.8 Å². The van der Waals surface area contributed by atoms with Crippen molar-refractivity contribution in [2.24, 2.45) is 0 Å². The highest BCUT2D eigenvalue weighted by atomic mass is 19.1. The Balaban J connectivity index is 1.81. The van der Waals surface area contributed by atoms with Crippen molar-refractivity contribution in [3.63, 3.8) is 0 Å². The van der Waals surface area contributed by atoms with Crippen LogP contribution in [0.1, 0.15) is 32.0 Å². The minimum absolute atomic E-state index is 0.0515. The molecule has 0 saturated carbocycles. The van der Waals surface area contributed by atoms with E-state index < -0.39 is 11.7 Å². The van der Waals surface area contributed by atoms with Gasteiger partial charge in [-0.1, -0.05) is 13.0 Å². The van der Waals surface area contributed by atoms with Gasteiger partial charge in [-0.3, -0.25) is 9.59 Å². The van der Waals surface area contributed by atoms with Crippen LogP contribution >= 0.6 is 0 Å². The molecule has 1 aromatic heterocycles. The summed E-state index contributed by atoms with van der Waals surface area (Å²) in [5, 5.41) is 11.1. The van der Waals surface area contributed by atoms with Gasteiger partial charge in [0.25, 0.3) is 0 Å². The molecule has 28 heavy (non-hydrogen) atoms. The molecule has 2 aromatic rings. The molecule has 7 nitrogen and oxygen atoms in total. The Morgan fingerprint density at radius 3 is 2.89 bits per heavy atom. The quantitative estimate of drug-likeness (QED) is 0.776. The molecule has 3 rings (SSSR count). The Labute approximate surface area is 163 Å². The number of aryl methyl sites for hydroxylation is 1. The monoisotopic (exact) mass is 385 g/mol. The fraction of sp³-hybridized carbons (Fsp3) is 0.400. The number of hydrogen-bond acceptors (Lipinski definition) is 4. The van der Waals surface area contributed by atoms with E-state index in [-0.39, 0.29) is 18.1 Å². The number of hydrogen-bond donors (Lipinski definition) is 1. The molecule has 0 saturated heterocycles. The first-order chi connectivity index (χ1) is 13.5. The zero-order chi connectivity index (χ0) is 20.1. The summed E-state index contributed by atoms with van der Waals surface area (Å²) in [7, 11) is 0. The van der Waals surface area contributed by atoms with Crippen molar-refractivity contribution in [1.82, 2.24) is 19.7 Å². The second kappa shape index (κ2) is 8.77. The van der Waals surface area contributed by atoms with Gasteiger partial charge < -0.3 is 14.8 Å². The lowest BCUT2D eigenvalue weighted by atomic mass is 10.1. The minimum atomic E-state index is -0.550. The second-order valence-corrected chi connectivity index (χ2v) is 6.70. The first-order valence-corrected chi connectivity index (χ1v) is 9.46. The summed E-state index contributed by atoms with van der Waals surface area (Å²) in [4.78, 5) is 25.3. The number of halogens is 1. The van der Waals surface area contributed by atoms with Crippen molar-refractivity contribution in [3.05, 3.63) is 42.5 Å². The number of carbonyl (C=O) groups excluding carboxylic acids is 2. The van der Waals surface area contributed by atoms with Crippen molar-refractivity contribution in [2.45, 2.75) is 39.2 Å². The molecule has 1 aliphatic rings. The summed E-state index contributed by atoms with van der Waals surface area (Å²) < 4.78 is 16.3. The molecular weight excluding hydrogens is 361 g/mol. The predicted octanol–water partition coefficient (Wildman–Crippen LogP) is 2.78. The highest BCUT2D eigenvalue weighted by Crippen LogP contribution is 2.26. The Morgan fingerprint density at radius 2 is 2.14 bits per heavy atom. The Hall–Kier alpha value is -3.03. The zero-order valence-electron chi connectivity index (χ0n) is 15.9. The van der Waals surface area contributed by atoms with Gasteiger partial charge in [0.1, 0.15) is 18.2 Å². The normalized spacial score (nSPS) is 13.4. The molecule has 0 atom stereocenters. The van der Waals surface area contributed by atoms with Crippen LogP contribution in [0.25, 0.3) is 11.4 Å². The van der Waals surface area contributed by atoms with E-state index in [0.29, 0.717) is 17.9 Å². The third-order valence-corrected chi connectivity index (χ3v) is 4.81. The van der Waals surface area contributed by atoms with Gasteiger partial charge in [0.15, 0.2) is 5.82 Å². The predicted molar refractivity (Wildman–Crippen MR) is 104 cm³/mol. The average Bonchev–Trinajstić information content (AvgIpc) is 2.95. The molecule has 1 N–H and O–H groups in total. The molecule has 1 aliphatic heterocycles. The van der Waals surface area contributed by atoms with Crippen LogP contribution in [0.2, 0.25) is 0 Å². The zero-order valence-corrected chi connectivity index (χ0v) is 15.9. The first-order valence-electron chi connectivity index (χ1n) is 9.46. The summed E-state index contributed by atoms with van der Waals surface area (Å²) in [6.07, 6.45) is 5.30. The third-order valence-electron chi connectivity index (χ3n) is 4.81. The standard InChI is InChI=1S/C20H24FN5O2/c1-3-19(28)25(4-2)13-18(27)22-16-12-14(9-10-15(16)21)20-24-23-17-8-6-5-7-11-26(17)20/h3,9-10,12H,1,4-8,11,13H2,2H3,(H,22,27). The Bertz CT molecular complexity index is 893. The molecule has 0 spiro atoms. The van der Waals surface area contributed by atoms with Crippen LogP contribution in [0.15, 0.2) is 30.9 Å². The number of aromatic nitrogens is 3. The number of likely N-dealkylation sites (N-methyl/N-ethyl adjacent to an activating group) is 1. The lowest BCUT2D eigenvalue weighted by Crippen LogP contribution is -2.36. The fourth-order valence-electron chi connectivity index (χ4n) is 3.30. The van der Waals surface area contributed by atoms with Crippen LogP contribution in [-0.2, 0) is 22.6 Å². The maximum atomic E-state index is 14.3. The molecule has 2 amide bonds. The van der Waals surface area contributed by atoms with E-state index in [1.165, 1.54) is 11.0 Å². The highest BCUT2D eigenvalue weighted by Gasteiger charge is 2.18. The first kappa shape index (κ1) is 19.7. The van der Waals surface area contributed by atoms with E-state index in [2.05, 4.69) is 26.7 Å². The van der Waals surface area contributed by atoms with E-state index in [1.807, 2.05) is 0 Å². The summed E-state index contributed by atoms with van der Waals surface area (Å²) in [5.74, 6) is 0.227. The minimum Gasteiger partial charge on any atom is -0.330 e. The van der Waals surface area contributed by atoms with Crippen LogP contribution in [0, 0.1) is 5.82 Å². The van der Waals surface area contributed by atoms with Gasteiger partial charge in [-0.2, -0.15) is 0 Å². The molecule has 1 aromatic carbocycles. The van der Waals surface area contributed by atoms with E-state index in [4.69, 9.17) is 0 Å². The number of anilines is 1. The summed E-state index contributed by atoms with van der Waals surface area (Å²) in [5.41, 5.74) is 0.738. The number of benzene rings is 1. The van der Waals surface area contributed by atoms with Crippen LogP contribution in [0.3, 0.4) is 0 Å². The molecular formula is C20H24FN5O2. The van der Waals surface area contributed by atoms with Gasteiger partial charge in [-0.25, -0.2) is 4.39 Å². The van der Waals surface area contributed by atoms with E-state index in [9.17, 15) is 14.0 Å². The van der Waals surface area contributed by atoms with Crippen molar-refractivity contribution in [1.29, 1.82) is 0 Å². The van der Waals surface area contributed by atoms with Crippen molar-refractivity contribution in [3.8, 4) is 11.4 Å². The summed E-state index contributed by atoms with van der Waals surface area (Å²) in [6, 6.07) is 4.49. The number of fused-ring (bicyclic) bond motifs is 1. The number of nitrogens with zero attached hydrogens (tertiary/aromatic N) is 4. The second-order valence-electron chi connectivity index (χ2n) is 6.70. The van der Waals surface area contributed by atoms with Crippen molar-refractivity contribution < 1.29 is 14.0 Å². The summed E-state index contributed by atoms with van der Waals surface area (Å²) >= 11 is 0. The molecule has 0 bridgehead atoms. The Kier molecular flexibility index (Phi) is 6.18. The SMILES string of the molecule is C=CC(=O)N(CC)CC(=O)Nc1cc(-c2nnc3n2CCCCC3)ccc1F. The highest BCUT2D eigenvalue weighted by molar-refractivity contribution is 5.96. The topological polar surface area (TPSA) is 80.1 Å². The summed E-state index contributed by atoms with van der Waals surface area (Å²) in [6.45, 7) is 6.18. The fourth-order valence-corrected chi connectivity index (χ4v) is 3.30. The molecule has 2 heterocycles. The molecule has 148 valence electrons. The Morgan fingerprint density at radius 1 is 1.32 bits per heavy atom. The average molecular weight is 385 g/mol. The van der Waals surface area contributed by atoms with E-state index >= 15 is 0 Å². The van der Waals surface area contributed by atoms with Crippen LogP contribution < -0.4 is 5.32 Å². The van der Waals surface area contributed by atoms with Gasteiger partial charge in [0, 0.05) is 25.1 Å². The van der Waals surface area contributed by atoms with Crippen LogP contribution in [0.5, 0.6) is 0 Å². The largest absolute Gasteiger partial charge is 0.330 e. The van der Waals surface area contributed by atoms with E-state index in [0.717, 1.165) is 44.1 Å².